The quantitative estimate of drug-likeness (QED) is 0.508. The summed E-state index contributed by atoms with van der Waals surface area (Å²) in [5.41, 5.74) is 10.7. The molecule has 3 aromatic rings. The molecular weight excluding hydrogens is 445 g/mol. The zero-order valence-corrected chi connectivity index (χ0v) is 19.6. The SMILES string of the molecule is Cc1nc2c(CN3CCOCC3)cc(NC3CC(C)NN3)nn2c1Cc1ccc(Cl)cc1F. The van der Waals surface area contributed by atoms with Gasteiger partial charge in [-0.25, -0.2) is 19.3 Å². The van der Waals surface area contributed by atoms with Crippen molar-refractivity contribution < 1.29 is 9.13 Å². The lowest BCUT2D eigenvalue weighted by Crippen LogP contribution is -2.37. The molecule has 5 rings (SSSR count). The molecule has 176 valence electrons. The highest BCUT2D eigenvalue weighted by Gasteiger charge is 2.23. The number of halogens is 2. The summed E-state index contributed by atoms with van der Waals surface area (Å²) in [5.74, 6) is 0.435. The normalized spacial score (nSPS) is 21.7. The molecule has 0 saturated carbocycles. The standard InChI is InChI=1S/C23H29ClFN7O/c1-14-9-21(29-28-14)27-22-11-17(13-31-5-7-33-8-6-31)23-26-15(2)20(32(23)30-22)10-16-3-4-18(24)12-19(16)25/h3-4,11-12,14,21,28-29H,5-10,13H2,1-2H3,(H,27,30). The van der Waals surface area contributed by atoms with Gasteiger partial charge in [0.25, 0.3) is 0 Å². The maximum atomic E-state index is 14.6. The third-order valence-electron chi connectivity index (χ3n) is 6.24. The molecule has 0 radical (unpaired) electrons. The number of hydrazine groups is 1. The highest BCUT2D eigenvalue weighted by atomic mass is 35.5. The first kappa shape index (κ1) is 22.5. The number of imidazole rings is 1. The zero-order chi connectivity index (χ0) is 22.9. The summed E-state index contributed by atoms with van der Waals surface area (Å²) in [6.45, 7) is 8.06. The van der Waals surface area contributed by atoms with E-state index in [1.165, 1.54) is 6.07 Å². The summed E-state index contributed by atoms with van der Waals surface area (Å²) in [5, 5.41) is 8.74. The number of morpholine rings is 1. The molecule has 33 heavy (non-hydrogen) atoms. The summed E-state index contributed by atoms with van der Waals surface area (Å²) >= 11 is 5.95. The predicted octanol–water partition coefficient (Wildman–Crippen LogP) is 2.88. The summed E-state index contributed by atoms with van der Waals surface area (Å²) in [4.78, 5) is 7.21. The van der Waals surface area contributed by atoms with Gasteiger partial charge < -0.3 is 10.1 Å². The lowest BCUT2D eigenvalue weighted by atomic mass is 10.1. The average molecular weight is 474 g/mol. The van der Waals surface area contributed by atoms with Gasteiger partial charge >= 0.3 is 0 Å². The molecule has 2 unspecified atom stereocenters. The maximum absolute atomic E-state index is 14.6. The minimum atomic E-state index is -0.324. The van der Waals surface area contributed by atoms with Crippen molar-refractivity contribution in [1.29, 1.82) is 0 Å². The largest absolute Gasteiger partial charge is 0.379 e. The molecule has 4 heterocycles. The molecule has 2 atom stereocenters. The van der Waals surface area contributed by atoms with Crippen molar-refractivity contribution in [3.05, 3.63) is 57.6 Å². The monoisotopic (exact) mass is 473 g/mol. The van der Waals surface area contributed by atoms with Crippen LogP contribution in [-0.4, -0.2) is 58.0 Å². The summed E-state index contributed by atoms with van der Waals surface area (Å²) in [6, 6.07) is 7.23. The van der Waals surface area contributed by atoms with Gasteiger partial charge in [0.05, 0.1) is 30.8 Å². The van der Waals surface area contributed by atoms with E-state index in [4.69, 9.17) is 26.4 Å². The van der Waals surface area contributed by atoms with E-state index in [0.717, 1.165) is 67.7 Å². The second-order valence-corrected chi connectivity index (χ2v) is 9.29. The van der Waals surface area contributed by atoms with Crippen LogP contribution in [0.25, 0.3) is 5.65 Å². The smallest absolute Gasteiger partial charge is 0.158 e. The molecule has 0 aliphatic carbocycles. The molecule has 2 saturated heterocycles. The Hall–Kier alpha value is -2.30. The van der Waals surface area contributed by atoms with E-state index < -0.39 is 0 Å². The molecule has 2 aliphatic heterocycles. The van der Waals surface area contributed by atoms with Crippen LogP contribution < -0.4 is 16.2 Å². The van der Waals surface area contributed by atoms with E-state index in [-0.39, 0.29) is 12.0 Å². The Balaban J connectivity index is 1.53. The number of anilines is 1. The Labute approximate surface area is 197 Å². The van der Waals surface area contributed by atoms with Crippen molar-refractivity contribution in [1.82, 2.24) is 30.3 Å². The summed E-state index contributed by atoms with van der Waals surface area (Å²) in [7, 11) is 0. The van der Waals surface area contributed by atoms with Crippen LogP contribution in [0.2, 0.25) is 5.02 Å². The van der Waals surface area contributed by atoms with Gasteiger partial charge in [-0.15, -0.1) is 5.10 Å². The molecule has 1 aromatic carbocycles. The fourth-order valence-electron chi connectivity index (χ4n) is 4.46. The third-order valence-corrected chi connectivity index (χ3v) is 6.47. The van der Waals surface area contributed by atoms with Crippen LogP contribution in [0.4, 0.5) is 10.2 Å². The van der Waals surface area contributed by atoms with Crippen LogP contribution in [0, 0.1) is 12.7 Å². The number of nitrogens with one attached hydrogen (secondary N) is 3. The highest BCUT2D eigenvalue weighted by molar-refractivity contribution is 6.30. The second kappa shape index (κ2) is 9.52. The van der Waals surface area contributed by atoms with E-state index in [2.05, 4.69) is 34.1 Å². The van der Waals surface area contributed by atoms with Crippen LogP contribution in [-0.2, 0) is 17.7 Å². The molecule has 10 heteroatoms. The van der Waals surface area contributed by atoms with E-state index in [1.54, 1.807) is 12.1 Å². The van der Waals surface area contributed by atoms with Crippen LogP contribution in [0.1, 0.15) is 35.9 Å². The minimum absolute atomic E-state index is 0.0722. The minimum Gasteiger partial charge on any atom is -0.379 e. The van der Waals surface area contributed by atoms with Gasteiger partial charge in [-0.2, -0.15) is 0 Å². The fraction of sp³-hybridized carbons (Fsp3) is 0.478. The molecule has 0 amide bonds. The summed E-state index contributed by atoms with van der Waals surface area (Å²) in [6.07, 6.45) is 1.39. The van der Waals surface area contributed by atoms with Gasteiger partial charge in [0.2, 0.25) is 0 Å². The van der Waals surface area contributed by atoms with Gasteiger partial charge in [0, 0.05) is 42.7 Å². The van der Waals surface area contributed by atoms with Crippen molar-refractivity contribution in [2.75, 3.05) is 31.6 Å². The first-order valence-corrected chi connectivity index (χ1v) is 11.7. The Morgan fingerprint density at radius 2 is 2.03 bits per heavy atom. The molecule has 2 aliphatic rings. The molecule has 3 N–H and O–H groups in total. The fourth-order valence-corrected chi connectivity index (χ4v) is 4.62. The predicted molar refractivity (Wildman–Crippen MR) is 126 cm³/mol. The van der Waals surface area contributed by atoms with Crippen molar-refractivity contribution in [2.45, 2.75) is 45.4 Å². The third kappa shape index (κ3) is 4.97. The number of benzene rings is 1. The molecule has 8 nitrogen and oxygen atoms in total. The van der Waals surface area contributed by atoms with Crippen molar-refractivity contribution in [3.8, 4) is 0 Å². The maximum Gasteiger partial charge on any atom is 0.158 e. The zero-order valence-electron chi connectivity index (χ0n) is 18.9. The average Bonchev–Trinajstić information content (AvgIpc) is 3.33. The molecule has 2 aromatic heterocycles. The Morgan fingerprint density at radius 3 is 2.76 bits per heavy atom. The number of rotatable bonds is 6. The molecule has 2 fully saturated rings. The number of ether oxygens (including phenoxy) is 1. The molecule has 0 spiro atoms. The first-order valence-electron chi connectivity index (χ1n) is 11.4. The lowest BCUT2D eigenvalue weighted by Gasteiger charge is -2.27. The van der Waals surface area contributed by atoms with E-state index in [0.29, 0.717) is 23.0 Å². The van der Waals surface area contributed by atoms with Crippen LogP contribution >= 0.6 is 11.6 Å². The van der Waals surface area contributed by atoms with E-state index in [9.17, 15) is 4.39 Å². The lowest BCUT2D eigenvalue weighted by molar-refractivity contribution is 0.0343. The van der Waals surface area contributed by atoms with Gasteiger partial charge in [-0.1, -0.05) is 17.7 Å². The van der Waals surface area contributed by atoms with Gasteiger partial charge in [0.15, 0.2) is 5.65 Å². The van der Waals surface area contributed by atoms with Crippen LogP contribution in [0.3, 0.4) is 0 Å². The first-order chi connectivity index (χ1) is 16.0. The van der Waals surface area contributed by atoms with Crippen molar-refractivity contribution in [3.63, 3.8) is 0 Å². The van der Waals surface area contributed by atoms with Gasteiger partial charge in [0.1, 0.15) is 11.6 Å². The van der Waals surface area contributed by atoms with Crippen LogP contribution in [0.15, 0.2) is 24.3 Å². The number of fused-ring (bicyclic) bond motifs is 1. The van der Waals surface area contributed by atoms with E-state index in [1.807, 2.05) is 11.4 Å². The molecule has 0 bridgehead atoms. The topological polar surface area (TPSA) is 78.8 Å². The summed E-state index contributed by atoms with van der Waals surface area (Å²) < 4.78 is 21.9. The van der Waals surface area contributed by atoms with Crippen molar-refractivity contribution in [2.24, 2.45) is 0 Å². The number of aromatic nitrogens is 3. The van der Waals surface area contributed by atoms with E-state index >= 15 is 0 Å². The highest BCUT2D eigenvalue weighted by Crippen LogP contribution is 2.24. The van der Waals surface area contributed by atoms with Gasteiger partial charge in [-0.3, -0.25) is 10.3 Å². The number of hydrogen-bond donors (Lipinski definition) is 3. The Bertz CT molecular complexity index is 1150. The Kier molecular flexibility index (Phi) is 6.49. The Morgan fingerprint density at radius 1 is 1.21 bits per heavy atom. The van der Waals surface area contributed by atoms with Crippen molar-refractivity contribution >= 4 is 23.1 Å². The second-order valence-electron chi connectivity index (χ2n) is 8.86. The number of hydrogen-bond acceptors (Lipinski definition) is 7. The van der Waals surface area contributed by atoms with Crippen LogP contribution in [0.5, 0.6) is 0 Å². The van der Waals surface area contributed by atoms with Gasteiger partial charge in [-0.05, 0) is 44.0 Å². The number of nitrogens with zero attached hydrogens (tertiary/aromatic N) is 4. The number of aryl methyl sites for hydroxylation is 1. The molecular formula is C23H29ClFN7O.